The van der Waals surface area contributed by atoms with Crippen LogP contribution in [0.5, 0.6) is 0 Å². The molecule has 0 heterocycles. The van der Waals surface area contributed by atoms with Gasteiger partial charge in [0.25, 0.3) is 0 Å². The lowest BCUT2D eigenvalue weighted by atomic mass is 10.0. The molecule has 0 radical (unpaired) electrons. The molecule has 34 heavy (non-hydrogen) atoms. The van der Waals surface area contributed by atoms with Crippen molar-refractivity contribution < 1.29 is 9.59 Å². The predicted octanol–water partition coefficient (Wildman–Crippen LogP) is 6.09. The van der Waals surface area contributed by atoms with Gasteiger partial charge in [0.15, 0.2) is 0 Å². The maximum atomic E-state index is 13.7. The molecule has 0 bridgehead atoms. The van der Waals surface area contributed by atoms with E-state index in [1.54, 1.807) is 23.1 Å². The van der Waals surface area contributed by atoms with Gasteiger partial charge >= 0.3 is 0 Å². The Morgan fingerprint density at radius 1 is 0.912 bits per heavy atom. The molecule has 2 amide bonds. The molecule has 3 aromatic carbocycles. The maximum Gasteiger partial charge on any atom is 0.243 e. The van der Waals surface area contributed by atoms with Gasteiger partial charge in [0.05, 0.1) is 6.42 Å². The second kappa shape index (κ2) is 12.6. The van der Waals surface area contributed by atoms with Crippen molar-refractivity contribution in [2.24, 2.45) is 0 Å². The third-order valence-corrected chi connectivity index (χ3v) is 6.41. The molecule has 0 aliphatic heterocycles. The fourth-order valence-corrected chi connectivity index (χ4v) is 4.17. The number of nitrogens with zero attached hydrogens (tertiary/aromatic N) is 1. The first-order valence-corrected chi connectivity index (χ1v) is 12.2. The van der Waals surface area contributed by atoms with Crippen LogP contribution in [0.15, 0.2) is 78.9 Å². The maximum absolute atomic E-state index is 13.7. The lowest BCUT2D eigenvalue weighted by molar-refractivity contribution is -0.141. The molecule has 3 aromatic rings. The largest absolute Gasteiger partial charge is 0.352 e. The van der Waals surface area contributed by atoms with Crippen molar-refractivity contribution in [3.63, 3.8) is 0 Å². The van der Waals surface area contributed by atoms with E-state index < -0.39 is 6.04 Å². The van der Waals surface area contributed by atoms with Gasteiger partial charge < -0.3 is 10.2 Å². The highest BCUT2D eigenvalue weighted by atomic mass is 35.5. The molecule has 0 fully saturated rings. The fraction of sp³-hybridized carbons (Fsp3) is 0.286. The summed E-state index contributed by atoms with van der Waals surface area (Å²) in [4.78, 5) is 28.8. The highest BCUT2D eigenvalue weighted by Gasteiger charge is 2.31. The molecule has 0 aromatic heterocycles. The Labute approximate surface area is 211 Å². The van der Waals surface area contributed by atoms with E-state index in [-0.39, 0.29) is 30.8 Å². The smallest absolute Gasteiger partial charge is 0.243 e. The Balaban J connectivity index is 1.99. The third kappa shape index (κ3) is 7.34. The molecule has 0 spiro atoms. The molecule has 0 saturated heterocycles. The van der Waals surface area contributed by atoms with E-state index in [1.807, 2.05) is 74.5 Å². The average Bonchev–Trinajstić information content (AvgIpc) is 2.83. The van der Waals surface area contributed by atoms with Gasteiger partial charge in [-0.05, 0) is 42.2 Å². The van der Waals surface area contributed by atoms with Crippen LogP contribution in [0.4, 0.5) is 0 Å². The van der Waals surface area contributed by atoms with Crippen LogP contribution in [-0.2, 0) is 29.0 Å². The molecule has 0 saturated carbocycles. The van der Waals surface area contributed by atoms with Crippen LogP contribution in [-0.4, -0.2) is 28.8 Å². The van der Waals surface area contributed by atoms with E-state index >= 15 is 0 Å². The Kier molecular flexibility index (Phi) is 9.55. The minimum Gasteiger partial charge on any atom is -0.352 e. The molecular weight excluding hydrogens is 467 g/mol. The number of nitrogens with one attached hydrogen (secondary N) is 1. The lowest BCUT2D eigenvalue weighted by Crippen LogP contribution is -2.52. The summed E-state index contributed by atoms with van der Waals surface area (Å²) in [5.74, 6) is -0.317. The Morgan fingerprint density at radius 2 is 1.53 bits per heavy atom. The molecule has 6 heteroatoms. The minimum absolute atomic E-state index is 0.00373. The molecule has 2 unspecified atom stereocenters. The normalized spacial score (nSPS) is 12.6. The van der Waals surface area contributed by atoms with Crippen molar-refractivity contribution >= 4 is 35.0 Å². The quantitative estimate of drug-likeness (QED) is 0.369. The van der Waals surface area contributed by atoms with Crippen LogP contribution < -0.4 is 5.32 Å². The second-order valence-corrected chi connectivity index (χ2v) is 9.29. The number of hydrogen-bond acceptors (Lipinski definition) is 2. The molecule has 0 aliphatic rings. The standard InChI is InChI=1S/C28H30Cl2N2O2/c1-3-20(2)31-28(34)26(16-21-10-6-4-7-11-21)32(19-23-14-15-24(29)18-25(23)30)27(33)17-22-12-8-5-9-13-22/h4-15,18,20,26H,3,16-17,19H2,1-2H3,(H,31,34). The van der Waals surface area contributed by atoms with Crippen LogP contribution in [0, 0.1) is 0 Å². The third-order valence-electron chi connectivity index (χ3n) is 5.83. The van der Waals surface area contributed by atoms with Crippen LogP contribution in [0.3, 0.4) is 0 Å². The second-order valence-electron chi connectivity index (χ2n) is 8.44. The van der Waals surface area contributed by atoms with E-state index in [9.17, 15) is 9.59 Å². The van der Waals surface area contributed by atoms with E-state index in [4.69, 9.17) is 23.2 Å². The van der Waals surface area contributed by atoms with Gasteiger partial charge in [-0.2, -0.15) is 0 Å². The summed E-state index contributed by atoms with van der Waals surface area (Å²) in [6.07, 6.45) is 1.38. The van der Waals surface area contributed by atoms with Crippen LogP contribution in [0.2, 0.25) is 10.0 Å². The SMILES string of the molecule is CCC(C)NC(=O)C(Cc1ccccc1)N(Cc1ccc(Cl)cc1Cl)C(=O)Cc1ccccc1. The molecule has 1 N–H and O–H groups in total. The van der Waals surface area contributed by atoms with Crippen molar-refractivity contribution in [3.05, 3.63) is 106 Å². The summed E-state index contributed by atoms with van der Waals surface area (Å²) in [6, 6.07) is 23.8. The van der Waals surface area contributed by atoms with Crippen molar-refractivity contribution in [1.29, 1.82) is 0 Å². The number of amides is 2. The zero-order chi connectivity index (χ0) is 24.5. The molecule has 4 nitrogen and oxygen atoms in total. The lowest BCUT2D eigenvalue weighted by Gasteiger charge is -2.32. The van der Waals surface area contributed by atoms with E-state index in [1.165, 1.54) is 0 Å². The van der Waals surface area contributed by atoms with Crippen LogP contribution in [0.1, 0.15) is 37.0 Å². The van der Waals surface area contributed by atoms with Crippen molar-refractivity contribution in [2.75, 3.05) is 0 Å². The highest BCUT2D eigenvalue weighted by molar-refractivity contribution is 6.35. The Hall–Kier alpha value is -2.82. The van der Waals surface area contributed by atoms with Gasteiger partial charge in [0.1, 0.15) is 6.04 Å². The van der Waals surface area contributed by atoms with Crippen LogP contribution in [0.25, 0.3) is 0 Å². The first kappa shape index (κ1) is 25.8. The number of halogens is 2. The minimum atomic E-state index is -0.695. The van der Waals surface area contributed by atoms with E-state index in [2.05, 4.69) is 5.32 Å². The number of carbonyl (C=O) groups is 2. The van der Waals surface area contributed by atoms with Crippen LogP contribution >= 0.6 is 23.2 Å². The zero-order valence-corrected chi connectivity index (χ0v) is 21.0. The number of benzene rings is 3. The fourth-order valence-electron chi connectivity index (χ4n) is 3.70. The zero-order valence-electron chi connectivity index (χ0n) is 19.5. The molecule has 178 valence electrons. The summed E-state index contributed by atoms with van der Waals surface area (Å²) in [5, 5.41) is 4.06. The van der Waals surface area contributed by atoms with Crippen molar-refractivity contribution in [1.82, 2.24) is 10.2 Å². The summed E-state index contributed by atoms with van der Waals surface area (Å²) in [6.45, 7) is 4.18. The molecule has 0 aliphatic carbocycles. The number of hydrogen-bond donors (Lipinski definition) is 1. The first-order valence-electron chi connectivity index (χ1n) is 11.5. The van der Waals surface area contributed by atoms with E-state index in [0.717, 1.165) is 23.1 Å². The van der Waals surface area contributed by atoms with Gasteiger partial charge in [0, 0.05) is 29.1 Å². The monoisotopic (exact) mass is 496 g/mol. The van der Waals surface area contributed by atoms with E-state index in [0.29, 0.717) is 16.5 Å². The van der Waals surface area contributed by atoms with Crippen molar-refractivity contribution in [2.45, 2.75) is 51.7 Å². The van der Waals surface area contributed by atoms with Crippen molar-refractivity contribution in [3.8, 4) is 0 Å². The topological polar surface area (TPSA) is 49.4 Å². The number of carbonyl (C=O) groups excluding carboxylic acids is 2. The van der Waals surface area contributed by atoms with Gasteiger partial charge in [0.2, 0.25) is 11.8 Å². The first-order chi connectivity index (χ1) is 16.4. The predicted molar refractivity (Wildman–Crippen MR) is 139 cm³/mol. The summed E-state index contributed by atoms with van der Waals surface area (Å²) in [5.41, 5.74) is 2.61. The number of rotatable bonds is 10. The highest BCUT2D eigenvalue weighted by Crippen LogP contribution is 2.24. The summed E-state index contributed by atoms with van der Waals surface area (Å²) >= 11 is 12.6. The summed E-state index contributed by atoms with van der Waals surface area (Å²) < 4.78 is 0. The average molecular weight is 497 g/mol. The van der Waals surface area contributed by atoms with Gasteiger partial charge in [-0.1, -0.05) is 96.9 Å². The van der Waals surface area contributed by atoms with Gasteiger partial charge in [-0.25, -0.2) is 0 Å². The molecular formula is C28H30Cl2N2O2. The Morgan fingerprint density at radius 3 is 2.12 bits per heavy atom. The molecule has 3 rings (SSSR count). The summed E-state index contributed by atoms with van der Waals surface area (Å²) in [7, 11) is 0. The van der Waals surface area contributed by atoms with Gasteiger partial charge in [-0.15, -0.1) is 0 Å². The van der Waals surface area contributed by atoms with Gasteiger partial charge in [-0.3, -0.25) is 9.59 Å². The molecule has 2 atom stereocenters. The Bertz CT molecular complexity index is 1090.